The molecule has 0 saturated carbocycles. The van der Waals surface area contributed by atoms with E-state index in [2.05, 4.69) is 29.0 Å². The Bertz CT molecular complexity index is 1260. The largest absolute Gasteiger partial charge is 0.381 e. The number of hydrogen-bond donors (Lipinski definition) is 0. The fourth-order valence-corrected chi connectivity index (χ4v) is 6.50. The molecule has 2 aromatic heterocycles. The van der Waals surface area contributed by atoms with Gasteiger partial charge in [0.25, 0.3) is 0 Å². The van der Waals surface area contributed by atoms with Gasteiger partial charge in [0.05, 0.1) is 24.7 Å². The molecular formula is C25H30FN6O2PS. The van der Waals surface area contributed by atoms with E-state index in [4.69, 9.17) is 19.5 Å². The van der Waals surface area contributed by atoms with Crippen LogP contribution in [0.4, 0.5) is 15.9 Å². The lowest BCUT2D eigenvalue weighted by Gasteiger charge is -2.27. The number of nitrogens with zero attached hydrogens (tertiary/aromatic N) is 6. The highest BCUT2D eigenvalue weighted by molar-refractivity contribution is 7.44. The zero-order valence-electron chi connectivity index (χ0n) is 20.1. The van der Waals surface area contributed by atoms with Crippen LogP contribution in [-0.2, 0) is 9.47 Å². The van der Waals surface area contributed by atoms with Crippen LogP contribution in [0, 0.1) is 5.82 Å². The van der Waals surface area contributed by atoms with E-state index >= 15 is 0 Å². The molecule has 0 spiro atoms. The number of aliphatic imine (C=N–C) groups is 1. The van der Waals surface area contributed by atoms with Gasteiger partial charge in [-0.2, -0.15) is 0 Å². The maximum absolute atomic E-state index is 14.3. The second kappa shape index (κ2) is 10.7. The molecule has 2 fully saturated rings. The molecule has 0 radical (unpaired) electrons. The number of morpholine rings is 1. The number of benzene rings is 1. The summed E-state index contributed by atoms with van der Waals surface area (Å²) in [6.45, 7) is 6.68. The Morgan fingerprint density at radius 3 is 2.78 bits per heavy atom. The van der Waals surface area contributed by atoms with Crippen molar-refractivity contribution in [3.63, 3.8) is 0 Å². The van der Waals surface area contributed by atoms with Gasteiger partial charge in [0.1, 0.15) is 27.5 Å². The summed E-state index contributed by atoms with van der Waals surface area (Å²) in [4.78, 5) is 24.4. The van der Waals surface area contributed by atoms with E-state index in [-0.39, 0.29) is 17.8 Å². The zero-order valence-corrected chi connectivity index (χ0v) is 22.1. The highest BCUT2D eigenvalue weighted by atomic mass is 32.1. The van der Waals surface area contributed by atoms with Gasteiger partial charge >= 0.3 is 0 Å². The van der Waals surface area contributed by atoms with Crippen LogP contribution in [0.2, 0.25) is 0 Å². The Morgan fingerprint density at radius 2 is 1.94 bits per heavy atom. The van der Waals surface area contributed by atoms with Crippen LogP contribution in [0.3, 0.4) is 0 Å². The van der Waals surface area contributed by atoms with Gasteiger partial charge in [-0.05, 0) is 49.6 Å². The second-order valence-electron chi connectivity index (χ2n) is 9.48. The highest BCUT2D eigenvalue weighted by Crippen LogP contribution is 2.44. The number of halogens is 1. The molecule has 8 nitrogen and oxygen atoms in total. The van der Waals surface area contributed by atoms with E-state index in [1.54, 1.807) is 12.4 Å². The van der Waals surface area contributed by atoms with Gasteiger partial charge in [-0.15, -0.1) is 0 Å². The quantitative estimate of drug-likeness (QED) is 0.354. The van der Waals surface area contributed by atoms with E-state index in [0.29, 0.717) is 0 Å². The van der Waals surface area contributed by atoms with Gasteiger partial charge in [0.15, 0.2) is 5.82 Å². The number of rotatable bonds is 6. The molecule has 0 bridgehead atoms. The van der Waals surface area contributed by atoms with E-state index in [9.17, 15) is 4.39 Å². The predicted molar refractivity (Wildman–Crippen MR) is 143 cm³/mol. The first-order valence-corrected chi connectivity index (χ1v) is 13.9. The molecule has 2 saturated heterocycles. The average molecular weight is 529 g/mol. The molecule has 0 aliphatic carbocycles. The molecule has 36 heavy (non-hydrogen) atoms. The molecule has 1 aromatic carbocycles. The molecule has 3 aliphatic rings. The minimum atomic E-state index is -0.201. The van der Waals surface area contributed by atoms with Gasteiger partial charge in [-0.3, -0.25) is 9.89 Å². The maximum Gasteiger partial charge on any atom is 0.164 e. The third-order valence-corrected chi connectivity index (χ3v) is 8.80. The fraction of sp³-hybridized carbons (Fsp3) is 0.520. The molecule has 190 valence electrons. The van der Waals surface area contributed by atoms with E-state index < -0.39 is 0 Å². The molecule has 0 amide bonds. The van der Waals surface area contributed by atoms with Crippen molar-refractivity contribution < 1.29 is 13.9 Å². The molecule has 11 heteroatoms. The average Bonchev–Trinajstić information content (AvgIpc) is 3.50. The normalized spacial score (nSPS) is 21.9. The van der Waals surface area contributed by atoms with Crippen LogP contribution in [0.1, 0.15) is 35.8 Å². The van der Waals surface area contributed by atoms with Gasteiger partial charge in [-0.1, -0.05) is 20.6 Å². The van der Waals surface area contributed by atoms with Crippen LogP contribution in [0.15, 0.2) is 29.5 Å². The van der Waals surface area contributed by atoms with Gasteiger partial charge in [-0.25, -0.2) is 19.3 Å². The predicted octanol–water partition coefficient (Wildman–Crippen LogP) is 3.98. The Balaban J connectivity index is 1.29. The third-order valence-electron chi connectivity index (χ3n) is 7.18. The standard InChI is InChI=1S/C25H30FN6O2PS/c26-17-1-2-20-19(13-17)16(3-6-31-7-11-34-12-8-31)14-32(20)22-21-24(28-15-27-22)36-25(30-21)23(35)29-18-4-9-33-10-5-18/h1-2,13,15-16,18H,3-12,14,35H2. The Morgan fingerprint density at radius 1 is 1.14 bits per heavy atom. The second-order valence-corrected chi connectivity index (χ2v) is 11.0. The van der Waals surface area contributed by atoms with Crippen LogP contribution in [-0.4, -0.2) is 84.0 Å². The minimum absolute atomic E-state index is 0.201. The smallest absolute Gasteiger partial charge is 0.164 e. The zero-order chi connectivity index (χ0) is 24.5. The van der Waals surface area contributed by atoms with Crippen LogP contribution in [0.25, 0.3) is 10.3 Å². The summed E-state index contributed by atoms with van der Waals surface area (Å²) in [7, 11) is 2.75. The van der Waals surface area contributed by atoms with E-state index in [1.165, 1.54) is 17.4 Å². The SMILES string of the molecule is Fc1ccc2c(c1)C(CCN1CCOCC1)CN2c1ncnc2sc(C(P)=NC3CCOCC3)nc12. The number of hydrogen-bond acceptors (Lipinski definition) is 9. The molecule has 2 atom stereocenters. The van der Waals surface area contributed by atoms with Crippen molar-refractivity contribution in [2.75, 3.05) is 57.5 Å². The number of ether oxygens (including phenoxy) is 2. The van der Waals surface area contributed by atoms with Gasteiger partial charge in [0.2, 0.25) is 0 Å². The van der Waals surface area contributed by atoms with Crippen LogP contribution < -0.4 is 4.90 Å². The number of fused-ring (bicyclic) bond motifs is 2. The minimum Gasteiger partial charge on any atom is -0.381 e. The Hall–Kier alpha value is -2.10. The van der Waals surface area contributed by atoms with Crippen molar-refractivity contribution in [1.29, 1.82) is 0 Å². The summed E-state index contributed by atoms with van der Waals surface area (Å²) in [5.41, 5.74) is 3.66. The lowest BCUT2D eigenvalue weighted by molar-refractivity contribution is 0.0367. The molecule has 5 heterocycles. The van der Waals surface area contributed by atoms with Crippen molar-refractivity contribution in [1.82, 2.24) is 19.9 Å². The molecule has 0 N–H and O–H groups in total. The summed E-state index contributed by atoms with van der Waals surface area (Å²) >= 11 is 1.53. The van der Waals surface area contributed by atoms with Crippen LogP contribution in [0.5, 0.6) is 0 Å². The van der Waals surface area contributed by atoms with Crippen molar-refractivity contribution in [2.45, 2.75) is 31.2 Å². The summed E-state index contributed by atoms with van der Waals surface area (Å²) in [6.07, 6.45) is 4.42. The third kappa shape index (κ3) is 5.02. The summed E-state index contributed by atoms with van der Waals surface area (Å²) in [5, 5.41) is 0.839. The lowest BCUT2D eigenvalue weighted by Crippen LogP contribution is -2.37. The molecule has 2 unspecified atom stereocenters. The first-order valence-electron chi connectivity index (χ1n) is 12.6. The summed E-state index contributed by atoms with van der Waals surface area (Å²) in [5.74, 6) is 0.787. The van der Waals surface area contributed by atoms with Gasteiger partial charge in [0, 0.05) is 44.5 Å². The lowest BCUT2D eigenvalue weighted by atomic mass is 9.97. The first kappa shape index (κ1) is 24.2. The first-order chi connectivity index (χ1) is 17.7. The van der Waals surface area contributed by atoms with Crippen molar-refractivity contribution in [3.05, 3.63) is 40.9 Å². The monoisotopic (exact) mass is 528 g/mol. The fourth-order valence-electron chi connectivity index (χ4n) is 5.24. The van der Waals surface area contributed by atoms with Crippen LogP contribution >= 0.6 is 20.6 Å². The highest BCUT2D eigenvalue weighted by Gasteiger charge is 2.32. The number of aromatic nitrogens is 3. The number of anilines is 2. The maximum atomic E-state index is 14.3. The van der Waals surface area contributed by atoms with Crippen molar-refractivity contribution >= 4 is 47.9 Å². The van der Waals surface area contributed by atoms with Crippen molar-refractivity contribution in [2.24, 2.45) is 4.99 Å². The van der Waals surface area contributed by atoms with Crippen molar-refractivity contribution in [3.8, 4) is 0 Å². The topological polar surface area (TPSA) is 76.0 Å². The number of thiazole rings is 1. The summed E-state index contributed by atoms with van der Waals surface area (Å²) < 4.78 is 25.2. The Kier molecular flexibility index (Phi) is 7.22. The van der Waals surface area contributed by atoms with Gasteiger partial charge < -0.3 is 14.4 Å². The van der Waals surface area contributed by atoms with E-state index in [0.717, 1.165) is 110 Å². The van der Waals surface area contributed by atoms with E-state index in [1.807, 2.05) is 6.07 Å². The molecule has 3 aromatic rings. The molecular weight excluding hydrogens is 498 g/mol. The molecule has 3 aliphatic heterocycles. The Labute approximate surface area is 216 Å². The summed E-state index contributed by atoms with van der Waals surface area (Å²) in [6, 6.07) is 5.35. The molecule has 6 rings (SSSR count).